The number of hydrogen-bond acceptors (Lipinski definition) is 3. The highest BCUT2D eigenvalue weighted by atomic mass is 32.2. The maximum absolute atomic E-state index is 13.3. The van der Waals surface area contributed by atoms with Gasteiger partial charge in [0.2, 0.25) is 10.0 Å². The highest BCUT2D eigenvalue weighted by Gasteiger charge is 2.30. The number of piperidine rings is 1. The predicted molar refractivity (Wildman–Crippen MR) is 72.0 cm³/mol. The van der Waals surface area contributed by atoms with E-state index in [1.54, 1.807) is 14.0 Å². The van der Waals surface area contributed by atoms with Crippen molar-refractivity contribution >= 4 is 10.0 Å². The van der Waals surface area contributed by atoms with Crippen LogP contribution in [0.1, 0.15) is 18.4 Å². The molecule has 0 bridgehead atoms. The average Bonchev–Trinajstić information content (AvgIpc) is 2.41. The van der Waals surface area contributed by atoms with E-state index in [9.17, 15) is 12.8 Å². The maximum Gasteiger partial charge on any atom is 0.243 e. The minimum absolute atomic E-state index is 0.0561. The molecule has 2 rings (SSSR count). The zero-order valence-electron chi connectivity index (χ0n) is 11.2. The van der Waals surface area contributed by atoms with Crippen LogP contribution in [0.2, 0.25) is 0 Å². The van der Waals surface area contributed by atoms with E-state index in [0.717, 1.165) is 25.5 Å². The van der Waals surface area contributed by atoms with Crippen LogP contribution in [0.25, 0.3) is 0 Å². The minimum atomic E-state index is -3.64. The molecule has 1 fully saturated rings. The summed E-state index contributed by atoms with van der Waals surface area (Å²) in [4.78, 5) is 0.0561. The van der Waals surface area contributed by atoms with Crippen LogP contribution in [0, 0.1) is 12.7 Å². The first kappa shape index (κ1) is 14.4. The van der Waals surface area contributed by atoms with E-state index in [1.807, 2.05) is 0 Å². The van der Waals surface area contributed by atoms with Gasteiger partial charge in [-0.25, -0.2) is 12.8 Å². The van der Waals surface area contributed by atoms with E-state index in [4.69, 9.17) is 0 Å². The molecule has 1 unspecified atom stereocenters. The van der Waals surface area contributed by atoms with Crippen LogP contribution in [0.15, 0.2) is 23.1 Å². The van der Waals surface area contributed by atoms with Crippen molar-refractivity contribution in [3.05, 3.63) is 29.6 Å². The summed E-state index contributed by atoms with van der Waals surface area (Å²) in [5, 5.41) is 3.19. The molecule has 106 valence electrons. The third-order valence-corrected chi connectivity index (χ3v) is 5.64. The average molecular weight is 286 g/mol. The van der Waals surface area contributed by atoms with Crippen molar-refractivity contribution in [2.45, 2.75) is 30.7 Å². The Labute approximate surface area is 113 Å². The molecule has 1 N–H and O–H groups in total. The van der Waals surface area contributed by atoms with Crippen molar-refractivity contribution in [1.82, 2.24) is 9.62 Å². The summed E-state index contributed by atoms with van der Waals surface area (Å²) in [5.74, 6) is -0.528. The van der Waals surface area contributed by atoms with Crippen molar-refractivity contribution < 1.29 is 12.8 Å². The Hall–Kier alpha value is -0.980. The largest absolute Gasteiger partial charge is 0.315 e. The molecule has 0 radical (unpaired) electrons. The molecule has 6 heteroatoms. The Balaban J connectivity index is 2.33. The Morgan fingerprint density at radius 1 is 1.42 bits per heavy atom. The molecular weight excluding hydrogens is 267 g/mol. The number of halogens is 1. The third-order valence-electron chi connectivity index (χ3n) is 3.59. The zero-order valence-corrected chi connectivity index (χ0v) is 12.0. The topological polar surface area (TPSA) is 49.4 Å². The molecule has 1 atom stereocenters. The summed E-state index contributed by atoms with van der Waals surface area (Å²) in [5.41, 5.74) is 0.567. The Bertz CT molecular complexity index is 554. The van der Waals surface area contributed by atoms with E-state index >= 15 is 0 Å². The van der Waals surface area contributed by atoms with Crippen molar-refractivity contribution in [3.63, 3.8) is 0 Å². The third kappa shape index (κ3) is 2.96. The molecule has 1 aliphatic heterocycles. The summed E-state index contributed by atoms with van der Waals surface area (Å²) in [6.07, 6.45) is 1.78. The first-order valence-electron chi connectivity index (χ1n) is 6.38. The van der Waals surface area contributed by atoms with E-state index in [-0.39, 0.29) is 10.9 Å². The number of nitrogens with one attached hydrogen (secondary N) is 1. The summed E-state index contributed by atoms with van der Waals surface area (Å²) in [6.45, 7) is 3.24. The fraction of sp³-hybridized carbons (Fsp3) is 0.538. The molecule has 1 aliphatic rings. The van der Waals surface area contributed by atoms with Crippen molar-refractivity contribution in [1.29, 1.82) is 0 Å². The fourth-order valence-electron chi connectivity index (χ4n) is 2.35. The monoisotopic (exact) mass is 286 g/mol. The fourth-order valence-corrected chi connectivity index (χ4v) is 3.97. The zero-order chi connectivity index (χ0) is 14.0. The van der Waals surface area contributed by atoms with Crippen molar-refractivity contribution in [2.75, 3.05) is 20.1 Å². The van der Waals surface area contributed by atoms with Gasteiger partial charge in [0.25, 0.3) is 0 Å². The van der Waals surface area contributed by atoms with Crippen LogP contribution >= 0.6 is 0 Å². The molecule has 1 heterocycles. The number of likely N-dealkylation sites (N-methyl/N-ethyl adjacent to an activating group) is 1. The molecule has 4 nitrogen and oxygen atoms in total. The van der Waals surface area contributed by atoms with Crippen LogP contribution in [0.3, 0.4) is 0 Å². The highest BCUT2D eigenvalue weighted by molar-refractivity contribution is 7.89. The SMILES string of the molecule is Cc1ccc(F)cc1S(=O)(=O)N(C)C1CCCNC1. The second-order valence-corrected chi connectivity index (χ2v) is 6.90. The molecule has 0 aliphatic carbocycles. The lowest BCUT2D eigenvalue weighted by atomic mass is 10.1. The van der Waals surface area contributed by atoms with E-state index in [1.165, 1.54) is 16.4 Å². The second-order valence-electron chi connectivity index (χ2n) is 4.93. The predicted octanol–water partition coefficient (Wildman–Crippen LogP) is 1.51. The molecule has 0 aromatic heterocycles. The lowest BCUT2D eigenvalue weighted by Crippen LogP contribution is -2.46. The standard InChI is InChI=1S/C13H19FN2O2S/c1-10-5-6-11(14)8-13(10)19(17,18)16(2)12-4-3-7-15-9-12/h5-6,8,12,15H,3-4,7,9H2,1-2H3. The van der Waals surface area contributed by atoms with Gasteiger partial charge in [0.1, 0.15) is 5.82 Å². The second kappa shape index (κ2) is 5.56. The summed E-state index contributed by atoms with van der Waals surface area (Å²) in [6, 6.07) is 3.80. The number of benzene rings is 1. The number of rotatable bonds is 3. The minimum Gasteiger partial charge on any atom is -0.315 e. The molecule has 0 amide bonds. The van der Waals surface area contributed by atoms with Crippen molar-refractivity contribution in [3.8, 4) is 0 Å². The smallest absolute Gasteiger partial charge is 0.243 e. The van der Waals surface area contributed by atoms with E-state index < -0.39 is 15.8 Å². The molecule has 1 saturated heterocycles. The Morgan fingerprint density at radius 3 is 2.79 bits per heavy atom. The Morgan fingerprint density at radius 2 is 2.16 bits per heavy atom. The van der Waals surface area contributed by atoms with Gasteiger partial charge in [-0.15, -0.1) is 0 Å². The molecule has 0 saturated carbocycles. The molecule has 1 aromatic carbocycles. The molecule has 0 spiro atoms. The highest BCUT2D eigenvalue weighted by Crippen LogP contribution is 2.23. The van der Waals surface area contributed by atoms with Gasteiger partial charge in [0, 0.05) is 19.6 Å². The van der Waals surface area contributed by atoms with Gasteiger partial charge in [-0.1, -0.05) is 6.07 Å². The van der Waals surface area contributed by atoms with Gasteiger partial charge in [-0.3, -0.25) is 0 Å². The molecule has 1 aromatic rings. The quantitative estimate of drug-likeness (QED) is 0.916. The number of sulfonamides is 1. The van der Waals surface area contributed by atoms with Crippen LogP contribution in [-0.2, 0) is 10.0 Å². The normalized spacial score (nSPS) is 20.7. The maximum atomic E-state index is 13.3. The van der Waals surface area contributed by atoms with E-state index in [0.29, 0.717) is 12.1 Å². The van der Waals surface area contributed by atoms with Gasteiger partial charge in [0.05, 0.1) is 4.90 Å². The van der Waals surface area contributed by atoms with Crippen LogP contribution in [-0.4, -0.2) is 38.9 Å². The lowest BCUT2D eigenvalue weighted by Gasteiger charge is -2.31. The van der Waals surface area contributed by atoms with Crippen LogP contribution in [0.5, 0.6) is 0 Å². The van der Waals surface area contributed by atoms with Crippen LogP contribution < -0.4 is 5.32 Å². The summed E-state index contributed by atoms with van der Waals surface area (Å²) >= 11 is 0. The van der Waals surface area contributed by atoms with Crippen LogP contribution in [0.4, 0.5) is 4.39 Å². The van der Waals surface area contributed by atoms with Crippen molar-refractivity contribution in [2.24, 2.45) is 0 Å². The van der Waals surface area contributed by atoms with Gasteiger partial charge in [-0.2, -0.15) is 4.31 Å². The summed E-state index contributed by atoms with van der Waals surface area (Å²) in [7, 11) is -2.07. The first-order chi connectivity index (χ1) is 8.93. The number of aryl methyl sites for hydroxylation is 1. The molecular formula is C13H19FN2O2S. The number of nitrogens with zero attached hydrogens (tertiary/aromatic N) is 1. The number of hydrogen-bond donors (Lipinski definition) is 1. The Kier molecular flexibility index (Phi) is 4.23. The summed E-state index contributed by atoms with van der Waals surface area (Å²) < 4.78 is 39.7. The van der Waals surface area contributed by atoms with Gasteiger partial charge >= 0.3 is 0 Å². The van der Waals surface area contributed by atoms with Gasteiger partial charge in [-0.05, 0) is 44.0 Å². The molecule has 19 heavy (non-hydrogen) atoms. The lowest BCUT2D eigenvalue weighted by molar-refractivity contribution is 0.300. The van der Waals surface area contributed by atoms with Gasteiger partial charge < -0.3 is 5.32 Å². The van der Waals surface area contributed by atoms with Gasteiger partial charge in [0.15, 0.2) is 0 Å². The first-order valence-corrected chi connectivity index (χ1v) is 7.82. The van der Waals surface area contributed by atoms with E-state index in [2.05, 4.69) is 5.32 Å².